The molecule has 2 aromatic rings. The zero-order chi connectivity index (χ0) is 20.7. The molecule has 1 N–H and O–H groups in total. The van der Waals surface area contributed by atoms with Crippen molar-refractivity contribution in [3.05, 3.63) is 47.5 Å². The molecule has 0 saturated heterocycles. The highest BCUT2D eigenvalue weighted by molar-refractivity contribution is 5.92. The molecule has 0 aliphatic heterocycles. The van der Waals surface area contributed by atoms with Gasteiger partial charge in [0.15, 0.2) is 18.1 Å². The molecule has 9 heteroatoms. The van der Waals surface area contributed by atoms with E-state index in [9.17, 15) is 18.4 Å². The van der Waals surface area contributed by atoms with Crippen LogP contribution < -0.4 is 19.5 Å². The molecule has 0 heterocycles. The van der Waals surface area contributed by atoms with Crippen molar-refractivity contribution in [3.63, 3.8) is 0 Å². The Labute approximate surface area is 160 Å². The van der Waals surface area contributed by atoms with E-state index in [1.165, 1.54) is 21.3 Å². The summed E-state index contributed by atoms with van der Waals surface area (Å²) in [5.74, 6) is -1.97. The first kappa shape index (κ1) is 20.9. The lowest BCUT2D eigenvalue weighted by Crippen LogP contribution is -2.21. The molecule has 0 fully saturated rings. The number of ether oxygens (including phenoxy) is 4. The maximum Gasteiger partial charge on any atom is 0.310 e. The number of rotatable bonds is 8. The van der Waals surface area contributed by atoms with Gasteiger partial charge in [-0.2, -0.15) is 0 Å². The molecule has 150 valence electrons. The lowest BCUT2D eigenvalue weighted by Gasteiger charge is -2.14. The molecule has 7 nitrogen and oxygen atoms in total. The van der Waals surface area contributed by atoms with E-state index in [0.29, 0.717) is 28.9 Å². The SMILES string of the molecule is COc1cc(CC(=O)OCC(=O)Nc2cc(F)cc(F)c2)cc(OC)c1OC. The van der Waals surface area contributed by atoms with E-state index in [4.69, 9.17) is 18.9 Å². The molecule has 28 heavy (non-hydrogen) atoms. The molecule has 2 rings (SSSR count). The van der Waals surface area contributed by atoms with Gasteiger partial charge in [0, 0.05) is 11.8 Å². The Morgan fingerprint density at radius 3 is 1.96 bits per heavy atom. The quantitative estimate of drug-likeness (QED) is 0.692. The van der Waals surface area contributed by atoms with Crippen LogP contribution in [0.1, 0.15) is 5.56 Å². The normalized spacial score (nSPS) is 10.2. The number of halogens is 2. The minimum atomic E-state index is -0.838. The van der Waals surface area contributed by atoms with Crippen molar-refractivity contribution < 1.29 is 37.3 Å². The average Bonchev–Trinajstić information content (AvgIpc) is 2.64. The molecule has 0 bridgehead atoms. The number of methoxy groups -OCH3 is 3. The van der Waals surface area contributed by atoms with Crippen LogP contribution in [0.15, 0.2) is 30.3 Å². The zero-order valence-corrected chi connectivity index (χ0v) is 15.5. The summed E-state index contributed by atoms with van der Waals surface area (Å²) in [5, 5.41) is 2.24. The van der Waals surface area contributed by atoms with E-state index in [2.05, 4.69) is 5.32 Å². The molecule has 0 unspecified atom stereocenters. The van der Waals surface area contributed by atoms with Crippen molar-refractivity contribution in [3.8, 4) is 17.2 Å². The topological polar surface area (TPSA) is 83.1 Å². The molecule has 0 radical (unpaired) electrons. The van der Waals surface area contributed by atoms with Crippen molar-refractivity contribution in [1.82, 2.24) is 0 Å². The summed E-state index contributed by atoms with van der Waals surface area (Å²) in [5.41, 5.74) is 0.440. The van der Waals surface area contributed by atoms with Crippen molar-refractivity contribution in [2.75, 3.05) is 33.3 Å². The van der Waals surface area contributed by atoms with Crippen LogP contribution >= 0.6 is 0 Å². The Balaban J connectivity index is 1.95. The van der Waals surface area contributed by atoms with Crippen LogP contribution in [0.25, 0.3) is 0 Å². The van der Waals surface area contributed by atoms with Crippen molar-refractivity contribution >= 4 is 17.6 Å². The van der Waals surface area contributed by atoms with Gasteiger partial charge >= 0.3 is 5.97 Å². The van der Waals surface area contributed by atoms with Gasteiger partial charge in [-0.15, -0.1) is 0 Å². The minimum Gasteiger partial charge on any atom is -0.493 e. The van der Waals surface area contributed by atoms with Crippen LogP contribution in [0.5, 0.6) is 17.2 Å². The second kappa shape index (κ2) is 9.54. The number of anilines is 1. The van der Waals surface area contributed by atoms with Crippen LogP contribution in [0.4, 0.5) is 14.5 Å². The maximum absolute atomic E-state index is 13.1. The number of carbonyl (C=O) groups excluding carboxylic acids is 2. The standard InChI is InChI=1S/C19H19F2NO6/c1-25-15-4-11(5-16(26-2)19(15)27-3)6-18(24)28-10-17(23)22-14-8-12(20)7-13(21)9-14/h4-5,7-9H,6,10H2,1-3H3,(H,22,23). The van der Waals surface area contributed by atoms with Gasteiger partial charge in [-0.1, -0.05) is 0 Å². The van der Waals surface area contributed by atoms with E-state index >= 15 is 0 Å². The Kier molecular flexibility index (Phi) is 7.14. The molecule has 0 atom stereocenters. The predicted molar refractivity (Wildman–Crippen MR) is 95.7 cm³/mol. The van der Waals surface area contributed by atoms with E-state index < -0.39 is 30.1 Å². The van der Waals surface area contributed by atoms with Gasteiger partial charge in [0.05, 0.1) is 27.8 Å². The Morgan fingerprint density at radius 2 is 1.46 bits per heavy atom. The second-order valence-corrected chi connectivity index (χ2v) is 5.58. The molecule has 2 aromatic carbocycles. The number of benzene rings is 2. The van der Waals surface area contributed by atoms with E-state index in [-0.39, 0.29) is 12.1 Å². The number of esters is 1. The largest absolute Gasteiger partial charge is 0.493 e. The van der Waals surface area contributed by atoms with Crippen LogP contribution in [-0.2, 0) is 20.7 Å². The Hall–Kier alpha value is -3.36. The summed E-state index contributed by atoms with van der Waals surface area (Å²) in [6.07, 6.45) is -0.154. The third kappa shape index (κ3) is 5.57. The van der Waals surface area contributed by atoms with E-state index in [1.54, 1.807) is 12.1 Å². The fourth-order valence-corrected chi connectivity index (χ4v) is 2.42. The van der Waals surface area contributed by atoms with Gasteiger partial charge in [0.2, 0.25) is 5.75 Å². The second-order valence-electron chi connectivity index (χ2n) is 5.58. The molecular weight excluding hydrogens is 376 g/mol. The van der Waals surface area contributed by atoms with Gasteiger partial charge in [0.25, 0.3) is 5.91 Å². The number of hydrogen-bond acceptors (Lipinski definition) is 6. The number of amides is 1. The van der Waals surface area contributed by atoms with Gasteiger partial charge in [0.1, 0.15) is 11.6 Å². The first-order chi connectivity index (χ1) is 13.4. The number of hydrogen-bond donors (Lipinski definition) is 1. The Bertz CT molecular complexity index is 826. The van der Waals surface area contributed by atoms with Crippen LogP contribution in [0.3, 0.4) is 0 Å². The molecule has 0 aromatic heterocycles. The molecule has 0 spiro atoms. The van der Waals surface area contributed by atoms with Gasteiger partial charge < -0.3 is 24.3 Å². The third-order valence-electron chi connectivity index (χ3n) is 3.58. The number of carbonyl (C=O) groups is 2. The highest BCUT2D eigenvalue weighted by atomic mass is 19.1. The lowest BCUT2D eigenvalue weighted by molar-refractivity contribution is -0.146. The van der Waals surface area contributed by atoms with E-state index in [1.807, 2.05) is 0 Å². The van der Waals surface area contributed by atoms with Crippen LogP contribution in [0.2, 0.25) is 0 Å². The highest BCUT2D eigenvalue weighted by Gasteiger charge is 2.16. The summed E-state index contributed by atoms with van der Waals surface area (Å²) >= 11 is 0. The van der Waals surface area contributed by atoms with Gasteiger partial charge in [-0.3, -0.25) is 9.59 Å². The molecule has 0 aliphatic rings. The molecule has 0 aliphatic carbocycles. The first-order valence-electron chi connectivity index (χ1n) is 8.06. The van der Waals surface area contributed by atoms with Crippen LogP contribution in [-0.4, -0.2) is 39.8 Å². The maximum atomic E-state index is 13.1. The van der Waals surface area contributed by atoms with Crippen molar-refractivity contribution in [2.24, 2.45) is 0 Å². The van der Waals surface area contributed by atoms with Gasteiger partial charge in [-0.25, -0.2) is 8.78 Å². The third-order valence-corrected chi connectivity index (χ3v) is 3.58. The fourth-order valence-electron chi connectivity index (χ4n) is 2.42. The molecule has 1 amide bonds. The fraction of sp³-hybridized carbons (Fsp3) is 0.263. The monoisotopic (exact) mass is 395 g/mol. The average molecular weight is 395 g/mol. The van der Waals surface area contributed by atoms with E-state index in [0.717, 1.165) is 12.1 Å². The summed E-state index contributed by atoms with van der Waals surface area (Å²) in [6, 6.07) is 5.72. The minimum absolute atomic E-state index is 0.0804. The van der Waals surface area contributed by atoms with Crippen molar-refractivity contribution in [2.45, 2.75) is 6.42 Å². The molecular formula is C19H19F2NO6. The zero-order valence-electron chi connectivity index (χ0n) is 15.5. The smallest absolute Gasteiger partial charge is 0.310 e. The highest BCUT2D eigenvalue weighted by Crippen LogP contribution is 2.38. The number of nitrogens with one attached hydrogen (secondary N) is 1. The Morgan fingerprint density at radius 1 is 0.893 bits per heavy atom. The first-order valence-corrected chi connectivity index (χ1v) is 8.06. The lowest BCUT2D eigenvalue weighted by atomic mass is 10.1. The summed E-state index contributed by atoms with van der Waals surface area (Å²) < 4.78 is 46.7. The van der Waals surface area contributed by atoms with Crippen molar-refractivity contribution in [1.29, 1.82) is 0 Å². The van der Waals surface area contributed by atoms with Gasteiger partial charge in [-0.05, 0) is 29.8 Å². The summed E-state index contributed by atoms with van der Waals surface area (Å²) in [4.78, 5) is 23.8. The summed E-state index contributed by atoms with van der Waals surface area (Å²) in [6.45, 7) is -0.610. The summed E-state index contributed by atoms with van der Waals surface area (Å²) in [7, 11) is 4.34. The van der Waals surface area contributed by atoms with Crippen LogP contribution in [0, 0.1) is 11.6 Å². The molecule has 0 saturated carbocycles. The predicted octanol–water partition coefficient (Wildman–Crippen LogP) is 2.72.